The van der Waals surface area contributed by atoms with Crippen molar-refractivity contribution in [2.75, 3.05) is 18.0 Å². The molecule has 0 aliphatic carbocycles. The number of primary amides is 1. The summed E-state index contributed by atoms with van der Waals surface area (Å²) in [4.78, 5) is 43.7. The smallest absolute Gasteiger partial charge is 0.332 e. The molecule has 3 heterocycles. The number of hydrogen-bond donors (Lipinski definition) is 1. The van der Waals surface area contributed by atoms with E-state index in [4.69, 9.17) is 10.7 Å². The Labute approximate surface area is 173 Å². The predicted octanol–water partition coefficient (Wildman–Crippen LogP) is 0.492. The second-order valence-corrected chi connectivity index (χ2v) is 8.03. The molecule has 0 spiro atoms. The third-order valence-corrected chi connectivity index (χ3v) is 5.97. The number of nitrogens with two attached hydrogens (primary N) is 1. The third-order valence-electron chi connectivity index (χ3n) is 5.97. The van der Waals surface area contributed by atoms with Crippen LogP contribution in [0.2, 0.25) is 0 Å². The third kappa shape index (κ3) is 3.30. The van der Waals surface area contributed by atoms with Crippen LogP contribution in [0.1, 0.15) is 24.0 Å². The maximum Gasteiger partial charge on any atom is 0.332 e. The number of benzene rings is 1. The van der Waals surface area contributed by atoms with E-state index in [0.717, 1.165) is 15.7 Å². The Hall–Kier alpha value is -3.36. The van der Waals surface area contributed by atoms with E-state index in [1.54, 1.807) is 7.05 Å². The number of nitrogens with zero attached hydrogens (tertiary/aromatic N) is 5. The monoisotopic (exact) mass is 410 g/mol. The van der Waals surface area contributed by atoms with E-state index in [2.05, 4.69) is 4.90 Å². The zero-order chi connectivity index (χ0) is 21.6. The Morgan fingerprint density at radius 2 is 1.73 bits per heavy atom. The summed E-state index contributed by atoms with van der Waals surface area (Å²) in [5.41, 5.74) is 7.63. The lowest BCUT2D eigenvalue weighted by atomic mass is 9.96. The highest BCUT2D eigenvalue weighted by Crippen LogP contribution is 2.26. The minimum Gasteiger partial charge on any atom is -0.369 e. The Morgan fingerprint density at radius 1 is 1.10 bits per heavy atom. The average molecular weight is 410 g/mol. The van der Waals surface area contributed by atoms with E-state index in [1.807, 2.05) is 35.8 Å². The number of amides is 1. The number of aryl methyl sites for hydroxylation is 2. The van der Waals surface area contributed by atoms with Crippen LogP contribution < -0.4 is 21.9 Å². The topological polar surface area (TPSA) is 108 Å². The number of piperidine rings is 1. The SMILES string of the molecule is Cc1ccc(Cn2c(N3CCC(C(N)=O)CC3)nc3c2c(=O)n(C)c(=O)n3C)cc1. The number of anilines is 1. The summed E-state index contributed by atoms with van der Waals surface area (Å²) in [7, 11) is 3.10. The van der Waals surface area contributed by atoms with Gasteiger partial charge in [-0.2, -0.15) is 4.98 Å². The molecule has 9 heteroatoms. The van der Waals surface area contributed by atoms with Gasteiger partial charge < -0.3 is 10.6 Å². The van der Waals surface area contributed by atoms with Crippen LogP contribution in [0.15, 0.2) is 33.9 Å². The summed E-state index contributed by atoms with van der Waals surface area (Å²) in [5.74, 6) is 0.208. The summed E-state index contributed by atoms with van der Waals surface area (Å²) in [6, 6.07) is 8.11. The highest BCUT2D eigenvalue weighted by Gasteiger charge is 2.28. The van der Waals surface area contributed by atoms with E-state index in [9.17, 15) is 14.4 Å². The lowest BCUT2D eigenvalue weighted by Gasteiger charge is -2.31. The van der Waals surface area contributed by atoms with Gasteiger partial charge in [-0.05, 0) is 25.3 Å². The van der Waals surface area contributed by atoms with Crippen LogP contribution >= 0.6 is 0 Å². The van der Waals surface area contributed by atoms with Crippen molar-refractivity contribution >= 4 is 23.0 Å². The van der Waals surface area contributed by atoms with Crippen molar-refractivity contribution in [1.82, 2.24) is 18.7 Å². The minimum atomic E-state index is -0.411. The fourth-order valence-electron chi connectivity index (χ4n) is 4.07. The van der Waals surface area contributed by atoms with Crippen molar-refractivity contribution in [3.05, 3.63) is 56.2 Å². The standard InChI is InChI=1S/C21H26N6O3/c1-13-4-6-14(7-5-13)12-27-16-18(24(2)21(30)25(3)19(16)29)23-20(27)26-10-8-15(9-11-26)17(22)28/h4-7,15H,8-12H2,1-3H3,(H2,22,28). The fourth-order valence-corrected chi connectivity index (χ4v) is 4.07. The van der Waals surface area contributed by atoms with Crippen LogP contribution in [0, 0.1) is 12.8 Å². The molecule has 0 unspecified atom stereocenters. The molecule has 1 saturated heterocycles. The summed E-state index contributed by atoms with van der Waals surface area (Å²) in [6.07, 6.45) is 1.28. The number of carbonyl (C=O) groups is 1. The maximum absolute atomic E-state index is 13.0. The van der Waals surface area contributed by atoms with Crippen molar-refractivity contribution in [2.45, 2.75) is 26.3 Å². The van der Waals surface area contributed by atoms with Gasteiger partial charge in [-0.3, -0.25) is 23.3 Å². The zero-order valence-electron chi connectivity index (χ0n) is 17.5. The molecule has 30 heavy (non-hydrogen) atoms. The first-order valence-electron chi connectivity index (χ1n) is 10.0. The molecule has 1 amide bonds. The van der Waals surface area contributed by atoms with E-state index >= 15 is 0 Å². The number of imidazole rings is 1. The quantitative estimate of drug-likeness (QED) is 0.674. The Morgan fingerprint density at radius 3 is 2.33 bits per heavy atom. The Balaban J connectivity index is 1.86. The van der Waals surface area contributed by atoms with Crippen molar-refractivity contribution in [2.24, 2.45) is 25.7 Å². The summed E-state index contributed by atoms with van der Waals surface area (Å²) in [5, 5.41) is 0. The van der Waals surface area contributed by atoms with Gasteiger partial charge in [-0.1, -0.05) is 29.8 Å². The van der Waals surface area contributed by atoms with Crippen LogP contribution in [0.25, 0.3) is 11.2 Å². The molecule has 4 rings (SSSR count). The highest BCUT2D eigenvalue weighted by molar-refractivity contribution is 5.77. The number of rotatable bonds is 4. The predicted molar refractivity (Wildman–Crippen MR) is 115 cm³/mol. The largest absolute Gasteiger partial charge is 0.369 e. The molecule has 0 atom stereocenters. The van der Waals surface area contributed by atoms with Gasteiger partial charge in [0.15, 0.2) is 11.2 Å². The van der Waals surface area contributed by atoms with Gasteiger partial charge in [0.05, 0.1) is 6.54 Å². The van der Waals surface area contributed by atoms with Crippen molar-refractivity contribution < 1.29 is 4.79 Å². The molecule has 0 radical (unpaired) electrons. The van der Waals surface area contributed by atoms with E-state index in [-0.39, 0.29) is 17.4 Å². The Bertz CT molecular complexity index is 1230. The van der Waals surface area contributed by atoms with Crippen LogP contribution in [-0.4, -0.2) is 37.7 Å². The number of fused-ring (bicyclic) bond motifs is 1. The van der Waals surface area contributed by atoms with E-state index in [0.29, 0.717) is 49.6 Å². The van der Waals surface area contributed by atoms with Gasteiger partial charge in [-0.15, -0.1) is 0 Å². The van der Waals surface area contributed by atoms with E-state index in [1.165, 1.54) is 11.6 Å². The molecule has 2 aromatic heterocycles. The number of hydrogen-bond acceptors (Lipinski definition) is 5. The lowest BCUT2D eigenvalue weighted by molar-refractivity contribution is -0.122. The van der Waals surface area contributed by atoms with Gasteiger partial charge >= 0.3 is 5.69 Å². The second kappa shape index (κ2) is 7.47. The van der Waals surface area contributed by atoms with Crippen LogP contribution in [0.3, 0.4) is 0 Å². The van der Waals surface area contributed by atoms with Gasteiger partial charge in [0, 0.05) is 33.1 Å². The molecule has 9 nitrogen and oxygen atoms in total. The molecule has 0 bridgehead atoms. The van der Waals surface area contributed by atoms with Gasteiger partial charge in [-0.25, -0.2) is 4.79 Å². The van der Waals surface area contributed by atoms with Crippen molar-refractivity contribution in [3.8, 4) is 0 Å². The molecule has 0 saturated carbocycles. The number of aromatic nitrogens is 4. The van der Waals surface area contributed by atoms with E-state index < -0.39 is 5.69 Å². The molecule has 2 N–H and O–H groups in total. The second-order valence-electron chi connectivity index (χ2n) is 8.03. The summed E-state index contributed by atoms with van der Waals surface area (Å²) >= 11 is 0. The van der Waals surface area contributed by atoms with Crippen LogP contribution in [0.5, 0.6) is 0 Å². The number of carbonyl (C=O) groups excluding carboxylic acids is 1. The first kappa shape index (κ1) is 19.9. The molecule has 1 aliphatic heterocycles. The van der Waals surface area contributed by atoms with Gasteiger partial charge in [0.1, 0.15) is 0 Å². The maximum atomic E-state index is 13.0. The first-order chi connectivity index (χ1) is 14.3. The fraction of sp³-hybridized carbons (Fsp3) is 0.429. The van der Waals surface area contributed by atoms with Crippen molar-refractivity contribution in [1.29, 1.82) is 0 Å². The first-order valence-corrected chi connectivity index (χ1v) is 10.0. The molecule has 158 valence electrons. The molecular formula is C21H26N6O3. The van der Waals surface area contributed by atoms with Gasteiger partial charge in [0.25, 0.3) is 5.56 Å². The lowest BCUT2D eigenvalue weighted by Crippen LogP contribution is -2.40. The molecular weight excluding hydrogens is 384 g/mol. The Kier molecular flexibility index (Phi) is 4.97. The normalized spacial score (nSPS) is 15.1. The average Bonchev–Trinajstić information content (AvgIpc) is 3.11. The van der Waals surface area contributed by atoms with Crippen LogP contribution in [0.4, 0.5) is 5.95 Å². The summed E-state index contributed by atoms with van der Waals surface area (Å²) in [6.45, 7) is 3.70. The van der Waals surface area contributed by atoms with Crippen molar-refractivity contribution in [3.63, 3.8) is 0 Å². The molecule has 1 aromatic carbocycles. The summed E-state index contributed by atoms with van der Waals surface area (Å²) < 4.78 is 4.40. The minimum absolute atomic E-state index is 0.145. The van der Waals surface area contributed by atoms with Crippen LogP contribution in [-0.2, 0) is 25.4 Å². The molecule has 1 aliphatic rings. The zero-order valence-corrected chi connectivity index (χ0v) is 17.5. The molecule has 3 aromatic rings. The highest BCUT2D eigenvalue weighted by atomic mass is 16.2. The molecule has 1 fully saturated rings. The van der Waals surface area contributed by atoms with Gasteiger partial charge in [0.2, 0.25) is 11.9 Å².